The van der Waals surface area contributed by atoms with E-state index < -0.39 is 0 Å². The van der Waals surface area contributed by atoms with Crippen LogP contribution in [-0.2, 0) is 6.42 Å². The van der Waals surface area contributed by atoms with Crippen molar-refractivity contribution < 1.29 is 0 Å². The topological polar surface area (TPSA) is 70.9 Å². The van der Waals surface area contributed by atoms with Gasteiger partial charge in [-0.3, -0.25) is 4.40 Å². The van der Waals surface area contributed by atoms with Gasteiger partial charge in [-0.25, -0.2) is 4.98 Å². The van der Waals surface area contributed by atoms with E-state index in [9.17, 15) is 0 Å². The first-order valence-corrected chi connectivity index (χ1v) is 7.98. The van der Waals surface area contributed by atoms with Gasteiger partial charge in [-0.2, -0.15) is 0 Å². The molecule has 0 radical (unpaired) electrons. The highest BCUT2D eigenvalue weighted by molar-refractivity contribution is 5.37. The van der Waals surface area contributed by atoms with E-state index in [1.807, 2.05) is 53.2 Å². The first-order valence-electron chi connectivity index (χ1n) is 7.98. The van der Waals surface area contributed by atoms with Crippen molar-refractivity contribution in [2.45, 2.75) is 12.5 Å². The van der Waals surface area contributed by atoms with Gasteiger partial charge in [-0.15, -0.1) is 10.2 Å². The van der Waals surface area contributed by atoms with Gasteiger partial charge < -0.3 is 10.3 Å². The van der Waals surface area contributed by atoms with Crippen molar-refractivity contribution in [3.63, 3.8) is 0 Å². The Bertz CT molecular complexity index is 898. The lowest BCUT2D eigenvalue weighted by atomic mass is 10.1. The van der Waals surface area contributed by atoms with E-state index in [0.29, 0.717) is 0 Å². The number of rotatable bonds is 6. The van der Waals surface area contributed by atoms with Crippen molar-refractivity contribution in [1.82, 2.24) is 29.9 Å². The number of imidazole rings is 1. The predicted molar refractivity (Wildman–Crippen MR) is 91.6 cm³/mol. The quantitative estimate of drug-likeness (QED) is 0.572. The number of fused-ring (bicyclic) bond motifs is 1. The van der Waals surface area contributed by atoms with Crippen LogP contribution in [0.4, 0.5) is 0 Å². The Morgan fingerprint density at radius 3 is 2.75 bits per heavy atom. The van der Waals surface area contributed by atoms with E-state index >= 15 is 0 Å². The zero-order chi connectivity index (χ0) is 16.2. The van der Waals surface area contributed by atoms with Crippen molar-refractivity contribution in [2.24, 2.45) is 0 Å². The molecule has 1 atom stereocenters. The summed E-state index contributed by atoms with van der Waals surface area (Å²) >= 11 is 0. The second kappa shape index (κ2) is 6.64. The van der Waals surface area contributed by atoms with Crippen molar-refractivity contribution >= 4 is 5.65 Å². The summed E-state index contributed by atoms with van der Waals surface area (Å²) in [7, 11) is 0. The fourth-order valence-electron chi connectivity index (χ4n) is 2.84. The maximum absolute atomic E-state index is 4.41. The molecule has 1 unspecified atom stereocenters. The Morgan fingerprint density at radius 1 is 1.04 bits per heavy atom. The number of aromatic nitrogens is 5. The predicted octanol–water partition coefficient (Wildman–Crippen LogP) is 2.37. The van der Waals surface area contributed by atoms with Crippen LogP contribution in [0.25, 0.3) is 5.65 Å². The molecule has 3 aromatic heterocycles. The Labute approximate surface area is 139 Å². The highest BCUT2D eigenvalue weighted by atomic mass is 15.2. The van der Waals surface area contributed by atoms with E-state index in [0.717, 1.165) is 30.3 Å². The lowest BCUT2D eigenvalue weighted by Crippen LogP contribution is -2.26. The number of nitrogens with zero attached hydrogens (tertiary/aromatic N) is 4. The van der Waals surface area contributed by atoms with Crippen LogP contribution in [0.1, 0.15) is 23.3 Å². The van der Waals surface area contributed by atoms with Crippen LogP contribution in [0.15, 0.2) is 67.1 Å². The summed E-state index contributed by atoms with van der Waals surface area (Å²) in [6, 6.07) is 16.2. The van der Waals surface area contributed by atoms with Crippen molar-refractivity contribution in [1.29, 1.82) is 0 Å². The molecule has 0 saturated carbocycles. The molecule has 120 valence electrons. The highest BCUT2D eigenvalue weighted by Gasteiger charge is 2.16. The van der Waals surface area contributed by atoms with Gasteiger partial charge in [0.25, 0.3) is 0 Å². The first kappa shape index (κ1) is 14.6. The Hall–Kier alpha value is -2.99. The molecular weight excluding hydrogens is 300 g/mol. The normalized spacial score (nSPS) is 12.5. The van der Waals surface area contributed by atoms with E-state index in [1.54, 1.807) is 6.20 Å². The van der Waals surface area contributed by atoms with Gasteiger partial charge in [0, 0.05) is 31.6 Å². The van der Waals surface area contributed by atoms with Crippen LogP contribution >= 0.6 is 0 Å². The molecule has 0 aliphatic carbocycles. The van der Waals surface area contributed by atoms with Crippen molar-refractivity contribution in [2.75, 3.05) is 6.54 Å². The van der Waals surface area contributed by atoms with Gasteiger partial charge >= 0.3 is 0 Å². The molecule has 0 aliphatic rings. The highest BCUT2D eigenvalue weighted by Crippen LogP contribution is 2.18. The lowest BCUT2D eigenvalue weighted by molar-refractivity contribution is 0.574. The SMILES string of the molecule is c1ccc(C(NCCc2nnc3ccccn23)c2ncc[nH]2)cc1. The number of benzene rings is 1. The Morgan fingerprint density at radius 2 is 1.92 bits per heavy atom. The third-order valence-electron chi connectivity index (χ3n) is 4.01. The zero-order valence-electron chi connectivity index (χ0n) is 13.1. The van der Waals surface area contributed by atoms with Crippen LogP contribution in [0, 0.1) is 0 Å². The van der Waals surface area contributed by atoms with Gasteiger partial charge in [0.2, 0.25) is 0 Å². The van der Waals surface area contributed by atoms with Crippen LogP contribution in [0.3, 0.4) is 0 Å². The minimum Gasteiger partial charge on any atom is -0.347 e. The molecule has 6 heteroatoms. The summed E-state index contributed by atoms with van der Waals surface area (Å²) in [5.74, 6) is 1.86. The molecule has 4 rings (SSSR count). The number of aromatic amines is 1. The molecule has 3 heterocycles. The summed E-state index contributed by atoms with van der Waals surface area (Å²) in [4.78, 5) is 7.61. The van der Waals surface area contributed by atoms with Gasteiger partial charge in [0.1, 0.15) is 11.6 Å². The van der Waals surface area contributed by atoms with Crippen LogP contribution in [0.2, 0.25) is 0 Å². The van der Waals surface area contributed by atoms with Gasteiger partial charge in [0.05, 0.1) is 6.04 Å². The summed E-state index contributed by atoms with van der Waals surface area (Å²) < 4.78 is 2.02. The second-order valence-corrected chi connectivity index (χ2v) is 5.57. The van der Waals surface area contributed by atoms with Crippen molar-refractivity contribution in [3.05, 3.63) is 84.3 Å². The summed E-state index contributed by atoms with van der Waals surface area (Å²) in [5, 5.41) is 12.0. The van der Waals surface area contributed by atoms with Crippen LogP contribution < -0.4 is 5.32 Å². The molecule has 4 aromatic rings. The van der Waals surface area contributed by atoms with Crippen LogP contribution in [0.5, 0.6) is 0 Å². The zero-order valence-corrected chi connectivity index (χ0v) is 13.1. The number of pyridine rings is 1. The standard InChI is InChI=1S/C18H18N6/c1-2-6-14(7-3-1)17(18-20-11-12-21-18)19-10-9-16-23-22-15-8-4-5-13-24(15)16/h1-8,11-13,17,19H,9-10H2,(H,20,21). The molecular formula is C18H18N6. The Balaban J connectivity index is 1.50. The number of nitrogens with one attached hydrogen (secondary N) is 2. The minimum atomic E-state index is 0.0281. The number of hydrogen-bond donors (Lipinski definition) is 2. The molecule has 6 nitrogen and oxygen atoms in total. The molecule has 0 bridgehead atoms. The van der Waals surface area contributed by atoms with Crippen LogP contribution in [-0.4, -0.2) is 31.1 Å². The number of hydrogen-bond acceptors (Lipinski definition) is 4. The third-order valence-corrected chi connectivity index (χ3v) is 4.01. The van der Waals surface area contributed by atoms with Gasteiger partial charge in [-0.05, 0) is 17.7 Å². The maximum atomic E-state index is 4.41. The summed E-state index contributed by atoms with van der Waals surface area (Å²) in [5.41, 5.74) is 2.05. The second-order valence-electron chi connectivity index (χ2n) is 5.57. The van der Waals surface area contributed by atoms with E-state index in [1.165, 1.54) is 5.56 Å². The van der Waals surface area contributed by atoms with Gasteiger partial charge in [0.15, 0.2) is 5.65 Å². The van der Waals surface area contributed by atoms with Gasteiger partial charge in [-0.1, -0.05) is 36.4 Å². The van der Waals surface area contributed by atoms with E-state index in [2.05, 4.69) is 37.6 Å². The summed E-state index contributed by atoms with van der Waals surface area (Å²) in [6.07, 6.45) is 6.40. The summed E-state index contributed by atoms with van der Waals surface area (Å²) in [6.45, 7) is 0.774. The smallest absolute Gasteiger partial charge is 0.160 e. The molecule has 0 spiro atoms. The molecule has 1 aromatic carbocycles. The average Bonchev–Trinajstić information content (AvgIpc) is 3.30. The molecule has 0 amide bonds. The maximum Gasteiger partial charge on any atom is 0.160 e. The minimum absolute atomic E-state index is 0.0281. The molecule has 24 heavy (non-hydrogen) atoms. The molecule has 2 N–H and O–H groups in total. The average molecular weight is 318 g/mol. The lowest BCUT2D eigenvalue weighted by Gasteiger charge is -2.17. The first-order chi connectivity index (χ1) is 11.9. The molecule has 0 aliphatic heterocycles. The van der Waals surface area contributed by atoms with E-state index in [4.69, 9.17) is 0 Å². The largest absolute Gasteiger partial charge is 0.347 e. The monoisotopic (exact) mass is 318 g/mol. The Kier molecular flexibility index (Phi) is 4.04. The molecule has 0 saturated heterocycles. The third kappa shape index (κ3) is 2.91. The van der Waals surface area contributed by atoms with E-state index in [-0.39, 0.29) is 6.04 Å². The fraction of sp³-hybridized carbons (Fsp3) is 0.167. The number of H-pyrrole nitrogens is 1. The molecule has 0 fully saturated rings. The fourth-order valence-corrected chi connectivity index (χ4v) is 2.84. The van der Waals surface area contributed by atoms with Crippen molar-refractivity contribution in [3.8, 4) is 0 Å².